The second kappa shape index (κ2) is 7.13. The zero-order valence-electron chi connectivity index (χ0n) is 15.0. The molecule has 1 aliphatic rings. The number of aromatic amines is 1. The van der Waals surface area contributed by atoms with Gasteiger partial charge >= 0.3 is 0 Å². The molecule has 0 aromatic carbocycles. The lowest BCUT2D eigenvalue weighted by atomic mass is 9.65. The van der Waals surface area contributed by atoms with Crippen LogP contribution in [0.2, 0.25) is 0 Å². The summed E-state index contributed by atoms with van der Waals surface area (Å²) in [6.45, 7) is 8.41. The third kappa shape index (κ3) is 3.43. The lowest BCUT2D eigenvalue weighted by Crippen LogP contribution is -2.49. The molecule has 1 aromatic heterocycles. The van der Waals surface area contributed by atoms with Crippen molar-refractivity contribution in [2.75, 3.05) is 19.3 Å². The number of hydrogen-bond donors (Lipinski definition) is 3. The Labute approximate surface area is 147 Å². The zero-order chi connectivity index (χ0) is 18.0. The first-order chi connectivity index (χ1) is 11.2. The molecule has 1 fully saturated rings. The van der Waals surface area contributed by atoms with Crippen LogP contribution in [0.25, 0.3) is 0 Å². The summed E-state index contributed by atoms with van der Waals surface area (Å²) in [5, 5.41) is 13.3. The number of H-pyrrole nitrogens is 1. The van der Waals surface area contributed by atoms with Crippen molar-refractivity contribution in [3.63, 3.8) is 0 Å². The van der Waals surface area contributed by atoms with E-state index in [0.29, 0.717) is 17.5 Å². The van der Waals surface area contributed by atoms with Crippen LogP contribution in [0.5, 0.6) is 0 Å². The number of hydrogen-bond acceptors (Lipinski definition) is 5. The number of aromatic nitrogens is 3. The van der Waals surface area contributed by atoms with Crippen molar-refractivity contribution in [2.45, 2.75) is 45.7 Å². The van der Waals surface area contributed by atoms with Gasteiger partial charge in [-0.3, -0.25) is 14.7 Å². The number of carbonyl (C=O) groups is 2. The van der Waals surface area contributed by atoms with Gasteiger partial charge in [0.05, 0.1) is 5.41 Å². The van der Waals surface area contributed by atoms with Gasteiger partial charge in [0.15, 0.2) is 0 Å². The Morgan fingerprint density at radius 3 is 2.67 bits per heavy atom. The van der Waals surface area contributed by atoms with E-state index in [1.54, 1.807) is 7.05 Å². The number of rotatable bonds is 6. The largest absolute Gasteiger partial charge is 0.359 e. The van der Waals surface area contributed by atoms with Crippen LogP contribution < -0.4 is 10.6 Å². The molecule has 1 aromatic rings. The van der Waals surface area contributed by atoms with Gasteiger partial charge in [0.1, 0.15) is 5.82 Å². The van der Waals surface area contributed by atoms with E-state index in [4.69, 9.17) is 0 Å². The predicted molar refractivity (Wildman–Crippen MR) is 93.5 cm³/mol. The third-order valence-electron chi connectivity index (χ3n) is 5.49. The van der Waals surface area contributed by atoms with Gasteiger partial charge in [0, 0.05) is 25.3 Å². The van der Waals surface area contributed by atoms with E-state index in [9.17, 15) is 9.59 Å². The Morgan fingerprint density at radius 2 is 2.08 bits per heavy atom. The number of nitrogens with one attached hydrogen (secondary N) is 3. The van der Waals surface area contributed by atoms with Gasteiger partial charge in [0.2, 0.25) is 17.0 Å². The monoisotopic (exact) mass is 353 g/mol. The van der Waals surface area contributed by atoms with Crippen LogP contribution in [0, 0.1) is 23.7 Å². The molecule has 1 saturated carbocycles. The molecule has 0 radical (unpaired) electrons. The fourth-order valence-corrected chi connectivity index (χ4v) is 4.13. The van der Waals surface area contributed by atoms with Crippen LogP contribution in [0.1, 0.15) is 39.4 Å². The summed E-state index contributed by atoms with van der Waals surface area (Å²) >= 11 is 1.50. The average molecular weight is 353 g/mol. The fourth-order valence-electron chi connectivity index (χ4n) is 3.43. The predicted octanol–water partition coefficient (Wildman–Crippen LogP) is 1.51. The molecule has 0 bridgehead atoms. The van der Waals surface area contributed by atoms with Crippen LogP contribution in [0.4, 0.5) is 0 Å². The van der Waals surface area contributed by atoms with E-state index < -0.39 is 5.41 Å². The van der Waals surface area contributed by atoms with E-state index in [-0.39, 0.29) is 23.1 Å². The van der Waals surface area contributed by atoms with Crippen molar-refractivity contribution in [1.82, 2.24) is 25.8 Å². The second-order valence-corrected chi connectivity index (χ2v) is 8.13. The standard InChI is InChI=1S/C16H27N5O2S/c1-10-19-14(21-20-10)24-9-8-18-13(23)16(4)7-6-11(12(22)17-5)15(16,2)3/h11H,6-9H2,1-5H3,(H,17,22)(H,18,23)(H,19,20,21)/t11-,16+/m1/s1. The van der Waals surface area contributed by atoms with Crippen molar-refractivity contribution in [2.24, 2.45) is 16.7 Å². The quantitative estimate of drug-likeness (QED) is 0.532. The number of nitrogens with zero attached hydrogens (tertiary/aromatic N) is 2. The molecule has 8 heteroatoms. The van der Waals surface area contributed by atoms with E-state index in [1.165, 1.54) is 11.8 Å². The molecule has 1 heterocycles. The minimum atomic E-state index is -0.546. The van der Waals surface area contributed by atoms with Crippen molar-refractivity contribution in [3.05, 3.63) is 5.82 Å². The Bertz CT molecular complexity index is 615. The van der Waals surface area contributed by atoms with Crippen LogP contribution in [0.15, 0.2) is 5.16 Å². The Morgan fingerprint density at radius 1 is 1.38 bits per heavy atom. The Kier molecular flexibility index (Phi) is 5.57. The summed E-state index contributed by atoms with van der Waals surface area (Å²) in [6, 6.07) is 0. The van der Waals surface area contributed by atoms with Crippen LogP contribution >= 0.6 is 11.8 Å². The van der Waals surface area contributed by atoms with Gasteiger partial charge in [-0.15, -0.1) is 5.10 Å². The molecule has 2 amide bonds. The molecule has 0 unspecified atom stereocenters. The van der Waals surface area contributed by atoms with Crippen molar-refractivity contribution >= 4 is 23.6 Å². The molecule has 2 rings (SSSR count). The first kappa shape index (κ1) is 18.8. The molecule has 0 saturated heterocycles. The van der Waals surface area contributed by atoms with Gasteiger partial charge in [-0.25, -0.2) is 4.98 Å². The smallest absolute Gasteiger partial charge is 0.226 e. The maximum Gasteiger partial charge on any atom is 0.226 e. The summed E-state index contributed by atoms with van der Waals surface area (Å²) in [5.41, 5.74) is -0.929. The van der Waals surface area contributed by atoms with Gasteiger partial charge in [-0.05, 0) is 25.2 Å². The second-order valence-electron chi connectivity index (χ2n) is 7.07. The van der Waals surface area contributed by atoms with E-state index in [0.717, 1.165) is 18.7 Å². The normalized spacial score (nSPS) is 25.5. The Balaban J connectivity index is 1.90. The summed E-state index contributed by atoms with van der Waals surface area (Å²) in [4.78, 5) is 29.1. The van der Waals surface area contributed by atoms with Gasteiger partial charge in [0.25, 0.3) is 0 Å². The average Bonchev–Trinajstić information content (AvgIpc) is 3.05. The molecule has 24 heavy (non-hydrogen) atoms. The lowest BCUT2D eigenvalue weighted by Gasteiger charge is -2.39. The zero-order valence-corrected chi connectivity index (χ0v) is 15.8. The number of thioether (sulfide) groups is 1. The topological polar surface area (TPSA) is 99.8 Å². The summed E-state index contributed by atoms with van der Waals surface area (Å²) in [5.74, 6) is 1.39. The number of amides is 2. The maximum atomic E-state index is 12.8. The summed E-state index contributed by atoms with van der Waals surface area (Å²) < 4.78 is 0. The third-order valence-corrected chi connectivity index (χ3v) is 6.33. The van der Waals surface area contributed by atoms with Crippen LogP contribution in [-0.2, 0) is 9.59 Å². The highest BCUT2D eigenvalue weighted by Crippen LogP contribution is 2.56. The highest BCUT2D eigenvalue weighted by Gasteiger charge is 2.57. The van der Waals surface area contributed by atoms with Crippen molar-refractivity contribution in [1.29, 1.82) is 0 Å². The molecule has 134 valence electrons. The van der Waals surface area contributed by atoms with Crippen LogP contribution in [-0.4, -0.2) is 46.3 Å². The first-order valence-corrected chi connectivity index (χ1v) is 9.22. The molecule has 0 spiro atoms. The van der Waals surface area contributed by atoms with Gasteiger partial charge < -0.3 is 10.6 Å². The molecule has 2 atom stereocenters. The SMILES string of the molecule is CNC(=O)[C@H]1CC[C@@](C)(C(=O)NCCSc2n[nH]c(C)n2)C1(C)C. The van der Waals surface area contributed by atoms with Crippen molar-refractivity contribution < 1.29 is 9.59 Å². The molecule has 1 aliphatic carbocycles. The Hall–Kier alpha value is -1.57. The van der Waals surface area contributed by atoms with Crippen molar-refractivity contribution in [3.8, 4) is 0 Å². The lowest BCUT2D eigenvalue weighted by molar-refractivity contribution is -0.138. The van der Waals surface area contributed by atoms with E-state index >= 15 is 0 Å². The van der Waals surface area contributed by atoms with Crippen LogP contribution in [0.3, 0.4) is 0 Å². The van der Waals surface area contributed by atoms with E-state index in [2.05, 4.69) is 25.8 Å². The first-order valence-electron chi connectivity index (χ1n) is 8.24. The highest BCUT2D eigenvalue weighted by molar-refractivity contribution is 7.99. The minimum absolute atomic E-state index is 0.0191. The highest BCUT2D eigenvalue weighted by atomic mass is 32.2. The molecular weight excluding hydrogens is 326 g/mol. The van der Waals surface area contributed by atoms with E-state index in [1.807, 2.05) is 27.7 Å². The number of carbonyl (C=O) groups excluding carboxylic acids is 2. The molecular formula is C16H27N5O2S. The number of aryl methyl sites for hydroxylation is 1. The fraction of sp³-hybridized carbons (Fsp3) is 0.750. The maximum absolute atomic E-state index is 12.8. The van der Waals surface area contributed by atoms with Gasteiger partial charge in [-0.2, -0.15) is 0 Å². The van der Waals surface area contributed by atoms with Gasteiger partial charge in [-0.1, -0.05) is 32.5 Å². The summed E-state index contributed by atoms with van der Waals surface area (Å²) in [6.07, 6.45) is 1.46. The minimum Gasteiger partial charge on any atom is -0.359 e. The molecule has 3 N–H and O–H groups in total. The summed E-state index contributed by atoms with van der Waals surface area (Å²) in [7, 11) is 1.65. The molecule has 7 nitrogen and oxygen atoms in total. The molecule has 0 aliphatic heterocycles.